The normalized spacial score (nSPS) is 11.8. The van der Waals surface area contributed by atoms with Crippen molar-refractivity contribution in [1.29, 1.82) is 5.26 Å². The number of nitriles is 1. The highest BCUT2D eigenvalue weighted by molar-refractivity contribution is 7.89. The third kappa shape index (κ3) is 4.23. The average Bonchev–Trinajstić information content (AvgIpc) is 2.39. The van der Waals surface area contributed by atoms with Crippen LogP contribution in [0.3, 0.4) is 0 Å². The van der Waals surface area contributed by atoms with Gasteiger partial charge in [-0.15, -0.1) is 0 Å². The second-order valence-electron chi connectivity index (χ2n) is 3.96. The van der Waals surface area contributed by atoms with Gasteiger partial charge in [0.2, 0.25) is 10.0 Å². The SMILES string of the molecule is N#CCc1ccc(S(=O)(=O)N(CCO)CC(F)F)cc1. The highest BCUT2D eigenvalue weighted by atomic mass is 32.2. The van der Waals surface area contributed by atoms with Gasteiger partial charge in [-0.2, -0.15) is 9.57 Å². The van der Waals surface area contributed by atoms with Crippen molar-refractivity contribution < 1.29 is 22.3 Å². The minimum Gasteiger partial charge on any atom is -0.395 e. The zero-order valence-corrected chi connectivity index (χ0v) is 11.4. The molecule has 20 heavy (non-hydrogen) atoms. The van der Waals surface area contributed by atoms with Gasteiger partial charge in [0.25, 0.3) is 6.43 Å². The van der Waals surface area contributed by atoms with E-state index in [1.54, 1.807) is 0 Å². The molecule has 0 unspecified atom stereocenters. The minimum atomic E-state index is -4.08. The lowest BCUT2D eigenvalue weighted by molar-refractivity contribution is 0.113. The maximum absolute atomic E-state index is 12.4. The van der Waals surface area contributed by atoms with E-state index in [9.17, 15) is 17.2 Å². The Morgan fingerprint density at radius 1 is 1.30 bits per heavy atom. The summed E-state index contributed by atoms with van der Waals surface area (Å²) in [6, 6.07) is 7.35. The van der Waals surface area contributed by atoms with Gasteiger partial charge in [-0.25, -0.2) is 17.2 Å². The molecule has 0 spiro atoms. The van der Waals surface area contributed by atoms with Crippen molar-refractivity contribution in [3.63, 3.8) is 0 Å². The van der Waals surface area contributed by atoms with Gasteiger partial charge in [-0.3, -0.25) is 0 Å². The summed E-state index contributed by atoms with van der Waals surface area (Å²) in [7, 11) is -4.08. The number of alkyl halides is 2. The Morgan fingerprint density at radius 2 is 1.90 bits per heavy atom. The van der Waals surface area contributed by atoms with Crippen LogP contribution in [0.1, 0.15) is 5.56 Å². The summed E-state index contributed by atoms with van der Waals surface area (Å²) in [6.45, 7) is -1.91. The van der Waals surface area contributed by atoms with E-state index < -0.39 is 36.1 Å². The van der Waals surface area contributed by atoms with Crippen LogP contribution in [0.4, 0.5) is 8.78 Å². The van der Waals surface area contributed by atoms with E-state index >= 15 is 0 Å². The van der Waals surface area contributed by atoms with Crippen LogP contribution in [0, 0.1) is 11.3 Å². The summed E-state index contributed by atoms with van der Waals surface area (Å²) in [6.07, 6.45) is -2.69. The van der Waals surface area contributed by atoms with E-state index in [0.717, 1.165) is 0 Å². The Bertz CT molecular complexity index is 567. The van der Waals surface area contributed by atoms with Gasteiger partial charge in [0.05, 0.1) is 30.5 Å². The summed E-state index contributed by atoms with van der Waals surface area (Å²) in [5.41, 5.74) is 0.633. The number of aliphatic hydroxyl groups is 1. The summed E-state index contributed by atoms with van der Waals surface area (Å²) in [5.74, 6) is 0. The lowest BCUT2D eigenvalue weighted by Crippen LogP contribution is -2.37. The molecule has 1 aromatic rings. The van der Waals surface area contributed by atoms with Crippen molar-refractivity contribution in [1.82, 2.24) is 4.31 Å². The molecular weight excluding hydrogens is 290 g/mol. The zero-order chi connectivity index (χ0) is 15.2. The molecule has 110 valence electrons. The Kier molecular flexibility index (Phi) is 6.01. The Labute approximate surface area is 116 Å². The van der Waals surface area contributed by atoms with Crippen LogP contribution in [0.15, 0.2) is 29.2 Å². The third-order valence-electron chi connectivity index (χ3n) is 2.54. The molecule has 5 nitrogen and oxygen atoms in total. The third-order valence-corrected chi connectivity index (χ3v) is 4.41. The van der Waals surface area contributed by atoms with Gasteiger partial charge in [0.15, 0.2) is 0 Å². The van der Waals surface area contributed by atoms with Crippen molar-refractivity contribution in [2.75, 3.05) is 19.7 Å². The molecule has 0 atom stereocenters. The second-order valence-corrected chi connectivity index (χ2v) is 5.89. The minimum absolute atomic E-state index is 0.137. The topological polar surface area (TPSA) is 81.4 Å². The summed E-state index contributed by atoms with van der Waals surface area (Å²) >= 11 is 0. The van der Waals surface area contributed by atoms with Crippen LogP contribution in [-0.4, -0.2) is 44.0 Å². The van der Waals surface area contributed by atoms with E-state index in [2.05, 4.69) is 0 Å². The first kappa shape index (κ1) is 16.5. The average molecular weight is 304 g/mol. The van der Waals surface area contributed by atoms with Crippen molar-refractivity contribution in [3.8, 4) is 6.07 Å². The molecule has 0 radical (unpaired) electrons. The highest BCUT2D eigenvalue weighted by Crippen LogP contribution is 2.17. The van der Waals surface area contributed by atoms with Crippen LogP contribution in [0.2, 0.25) is 0 Å². The number of hydrogen-bond donors (Lipinski definition) is 1. The maximum Gasteiger partial charge on any atom is 0.252 e. The fourth-order valence-electron chi connectivity index (χ4n) is 1.59. The quantitative estimate of drug-likeness (QED) is 0.815. The number of halogens is 2. The molecule has 0 heterocycles. The number of benzene rings is 1. The standard InChI is InChI=1S/C12H14F2N2O3S/c13-12(14)9-16(7-8-17)20(18,19)11-3-1-10(2-4-11)5-6-15/h1-4,12,17H,5,7-9H2. The summed E-state index contributed by atoms with van der Waals surface area (Å²) in [5, 5.41) is 17.3. The summed E-state index contributed by atoms with van der Waals surface area (Å²) in [4.78, 5) is -0.145. The van der Waals surface area contributed by atoms with Gasteiger partial charge in [-0.1, -0.05) is 12.1 Å². The van der Waals surface area contributed by atoms with Crippen LogP contribution < -0.4 is 0 Å². The zero-order valence-electron chi connectivity index (χ0n) is 10.5. The smallest absolute Gasteiger partial charge is 0.252 e. The van der Waals surface area contributed by atoms with E-state index in [1.807, 2.05) is 6.07 Å². The first-order valence-corrected chi connectivity index (χ1v) is 7.21. The highest BCUT2D eigenvalue weighted by Gasteiger charge is 2.26. The van der Waals surface area contributed by atoms with E-state index in [1.165, 1.54) is 24.3 Å². The van der Waals surface area contributed by atoms with Crippen molar-refractivity contribution in [2.45, 2.75) is 17.7 Å². The monoisotopic (exact) mass is 304 g/mol. The van der Waals surface area contributed by atoms with Crippen LogP contribution in [-0.2, 0) is 16.4 Å². The molecule has 0 aliphatic heterocycles. The van der Waals surface area contributed by atoms with Crippen LogP contribution in [0.25, 0.3) is 0 Å². The number of hydrogen-bond acceptors (Lipinski definition) is 4. The van der Waals surface area contributed by atoms with E-state index in [-0.39, 0.29) is 11.3 Å². The second kappa shape index (κ2) is 7.28. The van der Waals surface area contributed by atoms with Crippen molar-refractivity contribution in [3.05, 3.63) is 29.8 Å². The van der Waals surface area contributed by atoms with Crippen LogP contribution >= 0.6 is 0 Å². The fraction of sp³-hybridized carbons (Fsp3) is 0.417. The molecular formula is C12H14F2N2O3S. The van der Waals surface area contributed by atoms with Crippen molar-refractivity contribution >= 4 is 10.0 Å². The molecule has 0 saturated carbocycles. The number of rotatable bonds is 7. The van der Waals surface area contributed by atoms with Gasteiger partial charge in [0, 0.05) is 6.54 Å². The van der Waals surface area contributed by atoms with Gasteiger partial charge in [-0.05, 0) is 17.7 Å². The first-order chi connectivity index (χ1) is 9.41. The molecule has 0 aliphatic carbocycles. The molecule has 1 aromatic carbocycles. The molecule has 1 N–H and O–H groups in total. The Balaban J connectivity index is 3.03. The van der Waals surface area contributed by atoms with E-state index in [0.29, 0.717) is 9.87 Å². The molecule has 0 bridgehead atoms. The van der Waals surface area contributed by atoms with E-state index in [4.69, 9.17) is 10.4 Å². The molecule has 0 aromatic heterocycles. The largest absolute Gasteiger partial charge is 0.395 e. The number of sulfonamides is 1. The van der Waals surface area contributed by atoms with Crippen LogP contribution in [0.5, 0.6) is 0 Å². The number of aliphatic hydroxyl groups excluding tert-OH is 1. The molecule has 8 heteroatoms. The predicted molar refractivity (Wildman–Crippen MR) is 67.6 cm³/mol. The molecule has 0 fully saturated rings. The molecule has 0 aliphatic rings. The van der Waals surface area contributed by atoms with Crippen molar-refractivity contribution in [2.24, 2.45) is 0 Å². The first-order valence-electron chi connectivity index (χ1n) is 5.77. The van der Waals surface area contributed by atoms with Gasteiger partial charge in [0.1, 0.15) is 0 Å². The predicted octanol–water partition coefficient (Wildman–Crippen LogP) is 1.00. The summed E-state index contributed by atoms with van der Waals surface area (Å²) < 4.78 is 49.6. The Hall–Kier alpha value is -1.56. The van der Waals surface area contributed by atoms with Gasteiger partial charge < -0.3 is 5.11 Å². The fourth-order valence-corrected chi connectivity index (χ4v) is 3.00. The molecule has 0 amide bonds. The lowest BCUT2D eigenvalue weighted by Gasteiger charge is -2.20. The maximum atomic E-state index is 12.4. The lowest BCUT2D eigenvalue weighted by atomic mass is 10.2. The molecule has 1 rings (SSSR count). The Morgan fingerprint density at radius 3 is 2.35 bits per heavy atom. The molecule has 0 saturated heterocycles. The number of nitrogens with zero attached hydrogens (tertiary/aromatic N) is 2. The van der Waals surface area contributed by atoms with Gasteiger partial charge >= 0.3 is 0 Å².